The van der Waals surface area contributed by atoms with Gasteiger partial charge in [-0.05, 0) is 42.0 Å². The minimum atomic E-state index is -1.33. The molecular weight excluding hydrogens is 410 g/mol. The number of aromatic hydroxyl groups is 2. The molecule has 0 radical (unpaired) electrons. The van der Waals surface area contributed by atoms with Crippen LogP contribution in [-0.2, 0) is 19.5 Å². The van der Waals surface area contributed by atoms with Crippen molar-refractivity contribution in [3.63, 3.8) is 0 Å². The Kier molecular flexibility index (Phi) is 7.18. The number of para-hydroxylation sites is 2. The summed E-state index contributed by atoms with van der Waals surface area (Å²) in [6.07, 6.45) is 2.88. The summed E-state index contributed by atoms with van der Waals surface area (Å²) < 4.78 is 0. The molecule has 0 aliphatic heterocycles. The fraction of sp³-hybridized carbons (Fsp3) is 0. The second-order valence-electron chi connectivity index (χ2n) is 5.62. The summed E-state index contributed by atoms with van der Waals surface area (Å²) in [5.41, 5.74) is 1.63. The third kappa shape index (κ3) is 5.12. The fourth-order valence-electron chi connectivity index (χ4n) is 2.33. The first-order valence-corrected chi connectivity index (χ1v) is 8.04. The van der Waals surface area contributed by atoms with Gasteiger partial charge in [-0.15, -0.1) is 0 Å². The molecule has 0 saturated heterocycles. The van der Waals surface area contributed by atoms with Crippen LogP contribution in [0.1, 0.15) is 21.5 Å². The van der Waals surface area contributed by atoms with Crippen LogP contribution in [0.5, 0.6) is 11.5 Å². The first-order valence-electron chi connectivity index (χ1n) is 8.04. The number of hydrogen-bond donors (Lipinski definition) is 2. The van der Waals surface area contributed by atoms with Crippen molar-refractivity contribution in [3.8, 4) is 11.5 Å². The molecule has 0 aliphatic rings. The second kappa shape index (κ2) is 9.58. The van der Waals surface area contributed by atoms with Crippen molar-refractivity contribution in [1.82, 2.24) is 0 Å². The predicted octanol–water partition coefficient (Wildman–Crippen LogP) is 2.96. The molecule has 0 bridgehead atoms. The molecule has 0 spiro atoms. The van der Waals surface area contributed by atoms with E-state index in [-0.39, 0.29) is 42.2 Å². The molecule has 0 aromatic heterocycles. The van der Waals surface area contributed by atoms with E-state index in [4.69, 9.17) is 0 Å². The minimum absolute atomic E-state index is 0. The maximum absolute atomic E-state index is 11.1. The Balaban J connectivity index is 0.00000280. The number of phenols is 2. The van der Waals surface area contributed by atoms with Crippen LogP contribution in [0.25, 0.3) is 0 Å². The molecule has 2 N–H and O–H groups in total. The van der Waals surface area contributed by atoms with Gasteiger partial charge in [-0.2, -0.15) is 0 Å². The van der Waals surface area contributed by atoms with Crippen LogP contribution in [0, 0.1) is 0 Å². The SMILES string of the molecule is O=C([O-])c1ccc(N=Cc2ccccc2O)c(N=Cc2ccccc2O)c1.[Zn]. The number of nitrogens with zero attached hydrogens (tertiary/aromatic N) is 2. The summed E-state index contributed by atoms with van der Waals surface area (Å²) in [6, 6.07) is 17.5. The summed E-state index contributed by atoms with van der Waals surface area (Å²) in [6.45, 7) is 0. The number of carboxylic acids is 1. The Bertz CT molecular complexity index is 1050. The van der Waals surface area contributed by atoms with Crippen LogP contribution in [0.2, 0.25) is 0 Å². The molecule has 7 heteroatoms. The number of rotatable bonds is 5. The van der Waals surface area contributed by atoms with Gasteiger partial charge >= 0.3 is 0 Å². The molecule has 0 amide bonds. The Labute approximate surface area is 174 Å². The fourth-order valence-corrected chi connectivity index (χ4v) is 2.33. The van der Waals surface area contributed by atoms with Crippen LogP contribution in [0.4, 0.5) is 11.4 Å². The quantitative estimate of drug-likeness (QED) is 0.485. The number of aliphatic imine (C=N–C) groups is 2. The van der Waals surface area contributed by atoms with E-state index in [9.17, 15) is 20.1 Å². The average Bonchev–Trinajstić information content (AvgIpc) is 2.67. The zero-order valence-electron chi connectivity index (χ0n) is 14.8. The Morgan fingerprint density at radius 2 is 1.29 bits per heavy atom. The van der Waals surface area contributed by atoms with Gasteiger partial charge in [0.2, 0.25) is 0 Å². The average molecular weight is 425 g/mol. The van der Waals surface area contributed by atoms with Crippen LogP contribution < -0.4 is 5.11 Å². The number of carboxylic acid groups (broad SMARTS) is 1. The van der Waals surface area contributed by atoms with E-state index in [1.165, 1.54) is 42.8 Å². The maximum atomic E-state index is 11.1. The Morgan fingerprint density at radius 1 is 0.786 bits per heavy atom. The van der Waals surface area contributed by atoms with Crippen LogP contribution in [-0.4, -0.2) is 28.6 Å². The Morgan fingerprint density at radius 3 is 1.79 bits per heavy atom. The van der Waals surface area contributed by atoms with E-state index in [2.05, 4.69) is 9.98 Å². The third-order valence-electron chi connectivity index (χ3n) is 3.77. The molecule has 136 valence electrons. The van der Waals surface area contributed by atoms with Crippen molar-refractivity contribution in [1.29, 1.82) is 0 Å². The van der Waals surface area contributed by atoms with Gasteiger partial charge in [-0.25, -0.2) is 0 Å². The number of phenolic OH excluding ortho intramolecular Hbond substituents is 2. The molecule has 3 aromatic rings. The first kappa shape index (κ1) is 21.0. The number of benzene rings is 3. The summed E-state index contributed by atoms with van der Waals surface area (Å²) in [7, 11) is 0. The van der Waals surface area contributed by atoms with Gasteiger partial charge in [0.25, 0.3) is 0 Å². The normalized spacial score (nSPS) is 10.9. The first-order chi connectivity index (χ1) is 13.0. The van der Waals surface area contributed by atoms with Gasteiger partial charge < -0.3 is 20.1 Å². The van der Waals surface area contributed by atoms with Crippen molar-refractivity contribution >= 4 is 29.8 Å². The molecule has 0 atom stereocenters. The minimum Gasteiger partial charge on any atom is -0.545 e. The summed E-state index contributed by atoms with van der Waals surface area (Å²) in [4.78, 5) is 19.7. The molecule has 3 aromatic carbocycles. The molecule has 0 saturated carbocycles. The Hall–Kier alpha value is -3.31. The van der Waals surface area contributed by atoms with E-state index in [1.54, 1.807) is 36.4 Å². The van der Waals surface area contributed by atoms with Gasteiger partial charge in [-0.1, -0.05) is 30.3 Å². The number of aromatic carboxylic acids is 1. The van der Waals surface area contributed by atoms with Gasteiger partial charge in [-0.3, -0.25) is 9.98 Å². The molecular formula is C21H15N2O4Zn-. The number of hydrogen-bond acceptors (Lipinski definition) is 6. The zero-order chi connectivity index (χ0) is 19.2. The van der Waals surface area contributed by atoms with Crippen molar-refractivity contribution < 1.29 is 39.6 Å². The summed E-state index contributed by atoms with van der Waals surface area (Å²) in [5, 5.41) is 30.8. The maximum Gasteiger partial charge on any atom is 0.124 e. The van der Waals surface area contributed by atoms with E-state index >= 15 is 0 Å². The standard InChI is InChI=1S/C21H16N2O4.Zn/c24-19-7-3-1-5-15(19)12-22-17-10-9-14(21(26)27)11-18(17)23-13-16-6-2-4-8-20(16)25;/h1-13,24-25H,(H,26,27);/p-1. The van der Waals surface area contributed by atoms with E-state index in [0.29, 0.717) is 16.8 Å². The smallest absolute Gasteiger partial charge is 0.124 e. The van der Waals surface area contributed by atoms with Crippen molar-refractivity contribution in [2.45, 2.75) is 0 Å². The molecule has 6 nitrogen and oxygen atoms in total. The van der Waals surface area contributed by atoms with E-state index in [0.717, 1.165) is 0 Å². The van der Waals surface area contributed by atoms with E-state index < -0.39 is 5.97 Å². The number of carbonyl (C=O) groups is 1. The predicted molar refractivity (Wildman–Crippen MR) is 101 cm³/mol. The van der Waals surface area contributed by atoms with Gasteiger partial charge in [0.15, 0.2) is 0 Å². The van der Waals surface area contributed by atoms with Gasteiger partial charge in [0.05, 0.1) is 17.3 Å². The topological polar surface area (TPSA) is 105 Å². The van der Waals surface area contributed by atoms with Crippen LogP contribution in [0.3, 0.4) is 0 Å². The third-order valence-corrected chi connectivity index (χ3v) is 3.77. The van der Waals surface area contributed by atoms with Crippen molar-refractivity contribution in [2.75, 3.05) is 0 Å². The largest absolute Gasteiger partial charge is 0.545 e. The molecule has 0 unspecified atom stereocenters. The zero-order valence-corrected chi connectivity index (χ0v) is 17.8. The van der Waals surface area contributed by atoms with E-state index in [1.807, 2.05) is 0 Å². The van der Waals surface area contributed by atoms with Crippen LogP contribution >= 0.6 is 0 Å². The molecule has 28 heavy (non-hydrogen) atoms. The van der Waals surface area contributed by atoms with Crippen molar-refractivity contribution in [3.05, 3.63) is 83.4 Å². The van der Waals surface area contributed by atoms with Gasteiger partial charge in [0.1, 0.15) is 11.5 Å². The number of carbonyl (C=O) groups excluding carboxylic acids is 1. The summed E-state index contributed by atoms with van der Waals surface area (Å²) in [5.74, 6) is -1.20. The monoisotopic (exact) mass is 423 g/mol. The second-order valence-corrected chi connectivity index (χ2v) is 5.62. The molecule has 0 fully saturated rings. The molecule has 0 heterocycles. The van der Waals surface area contributed by atoms with Gasteiger partial charge in [0, 0.05) is 43.0 Å². The van der Waals surface area contributed by atoms with Crippen molar-refractivity contribution in [2.24, 2.45) is 9.98 Å². The van der Waals surface area contributed by atoms with Crippen LogP contribution in [0.15, 0.2) is 76.7 Å². The summed E-state index contributed by atoms with van der Waals surface area (Å²) >= 11 is 0. The molecule has 0 aliphatic carbocycles. The molecule has 3 rings (SSSR count).